The van der Waals surface area contributed by atoms with E-state index in [0.717, 1.165) is 29.3 Å². The summed E-state index contributed by atoms with van der Waals surface area (Å²) in [5.41, 5.74) is 0.891. The van der Waals surface area contributed by atoms with E-state index in [-0.39, 0.29) is 5.56 Å². The molecule has 8 heteroatoms. The zero-order valence-corrected chi connectivity index (χ0v) is 12.4. The van der Waals surface area contributed by atoms with Gasteiger partial charge >= 0.3 is 0 Å². The van der Waals surface area contributed by atoms with E-state index in [1.165, 1.54) is 0 Å². The number of aryl methyl sites for hydroxylation is 2. The van der Waals surface area contributed by atoms with Crippen molar-refractivity contribution in [3.63, 3.8) is 0 Å². The minimum atomic E-state index is -0.813. The van der Waals surface area contributed by atoms with Crippen LogP contribution in [-0.2, 0) is 0 Å². The summed E-state index contributed by atoms with van der Waals surface area (Å²) >= 11 is 0. The minimum Gasteiger partial charge on any atom is -0.321 e. The third-order valence-electron chi connectivity index (χ3n) is 3.35. The van der Waals surface area contributed by atoms with Crippen molar-refractivity contribution in [2.24, 2.45) is 0 Å². The van der Waals surface area contributed by atoms with Crippen molar-refractivity contribution in [2.45, 2.75) is 13.8 Å². The molecule has 0 spiro atoms. The fourth-order valence-corrected chi connectivity index (χ4v) is 2.17. The number of para-hydroxylation sites is 1. The Morgan fingerprint density at radius 1 is 1.00 bits per heavy atom. The van der Waals surface area contributed by atoms with E-state index in [2.05, 4.69) is 5.32 Å². The molecule has 0 saturated carbocycles. The van der Waals surface area contributed by atoms with Gasteiger partial charge in [0.1, 0.15) is 5.56 Å². The molecule has 2 aromatic carbocycles. The van der Waals surface area contributed by atoms with E-state index < -0.39 is 27.1 Å². The Bertz CT molecular complexity index is 797. The summed E-state index contributed by atoms with van der Waals surface area (Å²) in [5, 5.41) is 24.4. The Kier molecular flexibility index (Phi) is 4.35. The number of amides is 1. The number of nitrogens with one attached hydrogen (secondary N) is 1. The number of carbonyl (C=O) groups is 1. The number of hydrogen-bond donors (Lipinski definition) is 1. The van der Waals surface area contributed by atoms with Gasteiger partial charge in [0.15, 0.2) is 0 Å². The van der Waals surface area contributed by atoms with Crippen molar-refractivity contribution in [1.29, 1.82) is 0 Å². The maximum absolute atomic E-state index is 12.3. The van der Waals surface area contributed by atoms with E-state index >= 15 is 0 Å². The van der Waals surface area contributed by atoms with Crippen molar-refractivity contribution in [2.75, 3.05) is 5.32 Å². The second kappa shape index (κ2) is 6.22. The maximum Gasteiger partial charge on any atom is 0.289 e. The zero-order chi connectivity index (χ0) is 17.1. The molecule has 0 heterocycles. The lowest BCUT2D eigenvalue weighted by Gasteiger charge is -2.11. The Labute approximate surface area is 131 Å². The fourth-order valence-electron chi connectivity index (χ4n) is 2.17. The highest BCUT2D eigenvalue weighted by Crippen LogP contribution is 2.27. The van der Waals surface area contributed by atoms with Gasteiger partial charge in [-0.1, -0.05) is 18.2 Å². The Balaban J connectivity index is 2.43. The van der Waals surface area contributed by atoms with Crippen LogP contribution in [0.1, 0.15) is 21.5 Å². The third kappa shape index (κ3) is 3.31. The molecular weight excluding hydrogens is 302 g/mol. The Hall–Kier alpha value is -3.29. The average molecular weight is 315 g/mol. The molecule has 0 aromatic heterocycles. The van der Waals surface area contributed by atoms with E-state index in [0.29, 0.717) is 5.69 Å². The molecule has 0 fully saturated rings. The van der Waals surface area contributed by atoms with Gasteiger partial charge in [-0.2, -0.15) is 0 Å². The second-order valence-electron chi connectivity index (χ2n) is 4.94. The van der Waals surface area contributed by atoms with Crippen molar-refractivity contribution in [3.8, 4) is 0 Å². The zero-order valence-electron chi connectivity index (χ0n) is 12.4. The standard InChI is InChI=1S/C15H13N3O5/c1-9-4-3-5-10(2)14(9)16-15(19)12-7-6-11(17(20)21)8-13(12)18(22)23/h3-8H,1-2H3,(H,16,19). The molecule has 0 aliphatic carbocycles. The molecule has 23 heavy (non-hydrogen) atoms. The topological polar surface area (TPSA) is 115 Å². The van der Waals surface area contributed by atoms with Gasteiger partial charge in [-0.3, -0.25) is 25.0 Å². The molecule has 0 atom stereocenters. The molecule has 2 aromatic rings. The SMILES string of the molecule is Cc1cccc(C)c1NC(=O)c1ccc([N+](=O)[O-])cc1[N+](=O)[O-]. The van der Waals surface area contributed by atoms with Crippen LogP contribution in [0.15, 0.2) is 36.4 Å². The quantitative estimate of drug-likeness (QED) is 0.686. The van der Waals surface area contributed by atoms with Crippen LogP contribution < -0.4 is 5.32 Å². The summed E-state index contributed by atoms with van der Waals surface area (Å²) in [4.78, 5) is 32.6. The highest BCUT2D eigenvalue weighted by Gasteiger charge is 2.24. The van der Waals surface area contributed by atoms with E-state index in [9.17, 15) is 25.0 Å². The molecule has 0 unspecified atom stereocenters. The summed E-state index contributed by atoms with van der Waals surface area (Å²) in [6, 6.07) is 8.35. The first kappa shape index (κ1) is 16.1. The van der Waals surface area contributed by atoms with Crippen LogP contribution in [0.5, 0.6) is 0 Å². The number of anilines is 1. The number of carbonyl (C=O) groups excluding carboxylic acids is 1. The van der Waals surface area contributed by atoms with Crippen LogP contribution in [0.2, 0.25) is 0 Å². The molecule has 2 rings (SSSR count). The summed E-state index contributed by atoms with van der Waals surface area (Å²) in [6.45, 7) is 3.60. The first-order valence-electron chi connectivity index (χ1n) is 6.61. The lowest BCUT2D eigenvalue weighted by molar-refractivity contribution is -0.394. The average Bonchev–Trinajstić information content (AvgIpc) is 2.50. The largest absolute Gasteiger partial charge is 0.321 e. The van der Waals surface area contributed by atoms with Crippen LogP contribution in [0.4, 0.5) is 17.1 Å². The number of benzene rings is 2. The van der Waals surface area contributed by atoms with Crippen molar-refractivity contribution < 1.29 is 14.6 Å². The smallest absolute Gasteiger partial charge is 0.289 e. The maximum atomic E-state index is 12.3. The van der Waals surface area contributed by atoms with Gasteiger partial charge in [0.25, 0.3) is 17.3 Å². The number of non-ortho nitro benzene ring substituents is 1. The molecule has 0 aliphatic rings. The third-order valence-corrected chi connectivity index (χ3v) is 3.35. The highest BCUT2D eigenvalue weighted by atomic mass is 16.6. The predicted octanol–water partition coefficient (Wildman–Crippen LogP) is 3.37. The van der Waals surface area contributed by atoms with E-state index in [1.807, 2.05) is 6.07 Å². The lowest BCUT2D eigenvalue weighted by Crippen LogP contribution is -2.15. The van der Waals surface area contributed by atoms with Gasteiger partial charge in [-0.25, -0.2) is 0 Å². The monoisotopic (exact) mass is 315 g/mol. The lowest BCUT2D eigenvalue weighted by atomic mass is 10.1. The van der Waals surface area contributed by atoms with Crippen molar-refractivity contribution in [3.05, 3.63) is 73.3 Å². The number of nitrogens with zero attached hydrogens (tertiary/aromatic N) is 2. The molecular formula is C15H13N3O5. The van der Waals surface area contributed by atoms with Crippen LogP contribution in [0.3, 0.4) is 0 Å². The van der Waals surface area contributed by atoms with E-state index in [4.69, 9.17) is 0 Å². The summed E-state index contributed by atoms with van der Waals surface area (Å²) in [6.07, 6.45) is 0. The highest BCUT2D eigenvalue weighted by molar-refractivity contribution is 6.07. The van der Waals surface area contributed by atoms with Gasteiger partial charge in [0.05, 0.1) is 15.9 Å². The van der Waals surface area contributed by atoms with Crippen molar-refractivity contribution in [1.82, 2.24) is 0 Å². The molecule has 0 aliphatic heterocycles. The summed E-state index contributed by atoms with van der Waals surface area (Å²) in [5.74, 6) is -0.691. The van der Waals surface area contributed by atoms with Gasteiger partial charge in [0, 0.05) is 11.8 Å². The van der Waals surface area contributed by atoms with Crippen molar-refractivity contribution >= 4 is 23.0 Å². The Morgan fingerprint density at radius 2 is 1.61 bits per heavy atom. The first-order chi connectivity index (χ1) is 10.8. The normalized spacial score (nSPS) is 10.2. The van der Waals surface area contributed by atoms with Gasteiger partial charge < -0.3 is 5.32 Å². The first-order valence-corrected chi connectivity index (χ1v) is 6.61. The predicted molar refractivity (Wildman–Crippen MR) is 83.6 cm³/mol. The molecule has 118 valence electrons. The fraction of sp³-hybridized carbons (Fsp3) is 0.133. The number of hydrogen-bond acceptors (Lipinski definition) is 5. The number of nitro groups is 2. The molecule has 1 N–H and O–H groups in total. The van der Waals surface area contributed by atoms with Crippen LogP contribution in [0.25, 0.3) is 0 Å². The summed E-state index contributed by atoms with van der Waals surface area (Å²) < 4.78 is 0. The molecule has 8 nitrogen and oxygen atoms in total. The number of rotatable bonds is 4. The molecule has 0 radical (unpaired) electrons. The number of nitro benzene ring substituents is 2. The summed E-state index contributed by atoms with van der Waals surface area (Å²) in [7, 11) is 0. The molecule has 1 amide bonds. The van der Waals surface area contributed by atoms with Gasteiger partial charge in [-0.05, 0) is 31.0 Å². The van der Waals surface area contributed by atoms with Gasteiger partial charge in [-0.15, -0.1) is 0 Å². The second-order valence-corrected chi connectivity index (χ2v) is 4.94. The Morgan fingerprint density at radius 3 is 2.13 bits per heavy atom. The molecule has 0 bridgehead atoms. The molecule has 0 saturated heterocycles. The van der Waals surface area contributed by atoms with Crippen LogP contribution >= 0.6 is 0 Å². The van der Waals surface area contributed by atoms with Crippen LogP contribution in [0, 0.1) is 34.1 Å². The van der Waals surface area contributed by atoms with Crippen LogP contribution in [-0.4, -0.2) is 15.8 Å². The minimum absolute atomic E-state index is 0.233. The van der Waals surface area contributed by atoms with E-state index in [1.54, 1.807) is 26.0 Å². The van der Waals surface area contributed by atoms with Gasteiger partial charge in [0.2, 0.25) is 0 Å².